The van der Waals surface area contributed by atoms with Crippen molar-refractivity contribution in [2.75, 3.05) is 20.4 Å². The lowest BCUT2D eigenvalue weighted by Crippen LogP contribution is -2.50. The third-order valence-electron chi connectivity index (χ3n) is 4.26. The molecule has 1 aliphatic heterocycles. The van der Waals surface area contributed by atoms with Gasteiger partial charge in [-0.2, -0.15) is 0 Å². The average Bonchev–Trinajstić information content (AvgIpc) is 2.55. The highest BCUT2D eigenvalue weighted by Gasteiger charge is 2.33. The van der Waals surface area contributed by atoms with E-state index in [1.807, 2.05) is 44.2 Å². The van der Waals surface area contributed by atoms with Crippen LogP contribution in [0.3, 0.4) is 0 Å². The van der Waals surface area contributed by atoms with Gasteiger partial charge in [-0.15, -0.1) is 0 Å². The Labute approximate surface area is 136 Å². The standard InChI is InChI=1S/C19H22NO3/c1-4-22-19(21)15-10-14(2)18-16(11-15)12-20(3,13-23-18)17-8-6-5-7-9-17/h5-11H,4,12-13H2,1-3H3/q+1. The minimum Gasteiger partial charge on any atom is -0.462 e. The number of aryl methyl sites for hydroxylation is 1. The first-order chi connectivity index (χ1) is 11.0. The smallest absolute Gasteiger partial charge is 0.338 e. The largest absolute Gasteiger partial charge is 0.462 e. The van der Waals surface area contributed by atoms with Crippen LogP contribution in [0.15, 0.2) is 42.5 Å². The Balaban J connectivity index is 1.97. The highest BCUT2D eigenvalue weighted by Crippen LogP contribution is 2.35. The molecule has 0 amide bonds. The van der Waals surface area contributed by atoms with E-state index in [0.717, 1.165) is 23.4 Å². The summed E-state index contributed by atoms with van der Waals surface area (Å²) in [5.41, 5.74) is 3.81. The van der Waals surface area contributed by atoms with E-state index in [-0.39, 0.29) is 5.97 Å². The van der Waals surface area contributed by atoms with E-state index >= 15 is 0 Å². The van der Waals surface area contributed by atoms with Gasteiger partial charge >= 0.3 is 5.97 Å². The van der Waals surface area contributed by atoms with Crippen LogP contribution in [0.4, 0.5) is 5.69 Å². The van der Waals surface area contributed by atoms with Crippen LogP contribution in [-0.4, -0.2) is 26.4 Å². The first-order valence-corrected chi connectivity index (χ1v) is 7.87. The maximum absolute atomic E-state index is 12.0. The van der Waals surface area contributed by atoms with Gasteiger partial charge in [0.25, 0.3) is 0 Å². The van der Waals surface area contributed by atoms with Crippen molar-refractivity contribution in [1.82, 2.24) is 4.48 Å². The van der Waals surface area contributed by atoms with Crippen molar-refractivity contribution >= 4 is 11.7 Å². The molecule has 0 saturated heterocycles. The van der Waals surface area contributed by atoms with Gasteiger partial charge in [0.1, 0.15) is 18.0 Å². The van der Waals surface area contributed by atoms with Gasteiger partial charge in [0, 0.05) is 0 Å². The normalized spacial score (nSPS) is 19.6. The van der Waals surface area contributed by atoms with Crippen molar-refractivity contribution in [2.45, 2.75) is 20.4 Å². The minimum absolute atomic E-state index is 0.280. The zero-order chi connectivity index (χ0) is 16.4. The van der Waals surface area contributed by atoms with Gasteiger partial charge in [-0.25, -0.2) is 4.79 Å². The molecule has 1 atom stereocenters. The number of nitrogens with zero attached hydrogens (tertiary/aromatic N) is 1. The van der Waals surface area contributed by atoms with Crippen LogP contribution in [0.25, 0.3) is 0 Å². The van der Waals surface area contributed by atoms with Crippen LogP contribution < -0.4 is 9.22 Å². The summed E-state index contributed by atoms with van der Waals surface area (Å²) < 4.78 is 11.8. The summed E-state index contributed by atoms with van der Waals surface area (Å²) in [5.74, 6) is 0.613. The monoisotopic (exact) mass is 312 g/mol. The van der Waals surface area contributed by atoms with Crippen molar-refractivity contribution in [2.24, 2.45) is 0 Å². The number of esters is 1. The van der Waals surface area contributed by atoms with Crippen molar-refractivity contribution in [3.63, 3.8) is 0 Å². The summed E-state index contributed by atoms with van der Waals surface area (Å²) in [6.45, 7) is 5.53. The molecule has 0 radical (unpaired) electrons. The zero-order valence-electron chi connectivity index (χ0n) is 13.8. The van der Waals surface area contributed by atoms with Crippen LogP contribution >= 0.6 is 0 Å². The molecule has 0 aromatic heterocycles. The fourth-order valence-electron chi connectivity index (χ4n) is 3.09. The molecule has 2 aromatic carbocycles. The van der Waals surface area contributed by atoms with Gasteiger partial charge < -0.3 is 9.47 Å². The van der Waals surface area contributed by atoms with Gasteiger partial charge in [-0.1, -0.05) is 18.2 Å². The van der Waals surface area contributed by atoms with Crippen molar-refractivity contribution in [1.29, 1.82) is 0 Å². The summed E-state index contributed by atoms with van der Waals surface area (Å²) in [5, 5.41) is 0. The topological polar surface area (TPSA) is 35.5 Å². The van der Waals surface area contributed by atoms with Crippen LogP contribution in [0.1, 0.15) is 28.4 Å². The Kier molecular flexibility index (Phi) is 4.09. The van der Waals surface area contributed by atoms with Crippen LogP contribution in [0.5, 0.6) is 5.75 Å². The lowest BCUT2D eigenvalue weighted by atomic mass is 10.0. The molecule has 3 rings (SSSR count). The Bertz CT molecular complexity index is 727. The van der Waals surface area contributed by atoms with Gasteiger partial charge in [0.05, 0.1) is 24.8 Å². The minimum atomic E-state index is -0.280. The van der Waals surface area contributed by atoms with Crippen molar-refractivity contribution in [3.05, 3.63) is 59.2 Å². The number of carbonyl (C=O) groups excluding carboxylic acids is 1. The number of carbonyl (C=O) groups is 1. The lowest BCUT2D eigenvalue weighted by Gasteiger charge is -2.38. The molecular weight excluding hydrogens is 290 g/mol. The summed E-state index contributed by atoms with van der Waals surface area (Å²) in [4.78, 5) is 12.0. The molecule has 1 aliphatic rings. The number of quaternary nitrogens is 1. The van der Waals surface area contributed by atoms with E-state index in [4.69, 9.17) is 9.47 Å². The van der Waals surface area contributed by atoms with E-state index in [1.54, 1.807) is 0 Å². The Hall–Kier alpha value is -2.33. The molecule has 2 aromatic rings. The quantitative estimate of drug-likeness (QED) is 0.641. The van der Waals surface area contributed by atoms with Crippen LogP contribution in [0, 0.1) is 6.92 Å². The number of ether oxygens (including phenoxy) is 2. The Morgan fingerprint density at radius 3 is 2.70 bits per heavy atom. The molecule has 0 bridgehead atoms. The van der Waals surface area contributed by atoms with Gasteiger partial charge in [0.15, 0.2) is 0 Å². The summed E-state index contributed by atoms with van der Waals surface area (Å²) in [6, 6.07) is 14.0. The number of hydrogen-bond donors (Lipinski definition) is 0. The molecule has 1 heterocycles. The molecule has 0 aliphatic carbocycles. The molecular formula is C19H22NO3+. The lowest BCUT2D eigenvalue weighted by molar-refractivity contribution is 0.0525. The first-order valence-electron chi connectivity index (χ1n) is 7.87. The molecule has 4 heteroatoms. The van der Waals surface area contributed by atoms with Crippen molar-refractivity contribution in [3.8, 4) is 5.75 Å². The van der Waals surface area contributed by atoms with Crippen molar-refractivity contribution < 1.29 is 14.3 Å². The summed E-state index contributed by atoms with van der Waals surface area (Å²) in [6.07, 6.45) is 0. The Morgan fingerprint density at radius 1 is 1.26 bits per heavy atom. The fourth-order valence-corrected chi connectivity index (χ4v) is 3.09. The highest BCUT2D eigenvalue weighted by molar-refractivity contribution is 5.90. The molecule has 0 spiro atoms. The molecule has 1 unspecified atom stereocenters. The maximum Gasteiger partial charge on any atom is 0.338 e. The molecule has 0 saturated carbocycles. The molecule has 4 nitrogen and oxygen atoms in total. The number of hydrogen-bond acceptors (Lipinski definition) is 3. The number of rotatable bonds is 3. The number of para-hydroxylation sites is 1. The van der Waals surface area contributed by atoms with Gasteiger partial charge in [-0.3, -0.25) is 4.48 Å². The second kappa shape index (κ2) is 6.05. The molecule has 23 heavy (non-hydrogen) atoms. The predicted molar refractivity (Wildman–Crippen MR) is 90.5 cm³/mol. The summed E-state index contributed by atoms with van der Waals surface area (Å²) in [7, 11) is 2.14. The molecule has 120 valence electrons. The SMILES string of the molecule is CCOC(=O)c1cc(C)c2c(c1)C[N+](C)(c1ccccc1)CO2. The van der Waals surface area contributed by atoms with E-state index in [0.29, 0.717) is 23.4 Å². The molecule has 0 fully saturated rings. The third-order valence-corrected chi connectivity index (χ3v) is 4.26. The first kappa shape index (κ1) is 15.6. The van der Waals surface area contributed by atoms with E-state index in [1.165, 1.54) is 5.69 Å². The number of fused-ring (bicyclic) bond motifs is 1. The zero-order valence-corrected chi connectivity index (χ0v) is 13.8. The second-order valence-corrected chi connectivity index (χ2v) is 6.16. The third kappa shape index (κ3) is 2.94. The summed E-state index contributed by atoms with van der Waals surface area (Å²) >= 11 is 0. The van der Waals surface area contributed by atoms with Crippen LogP contribution in [0.2, 0.25) is 0 Å². The van der Waals surface area contributed by atoms with E-state index in [9.17, 15) is 4.79 Å². The van der Waals surface area contributed by atoms with E-state index in [2.05, 4.69) is 19.2 Å². The van der Waals surface area contributed by atoms with E-state index < -0.39 is 0 Å². The van der Waals surface area contributed by atoms with Crippen LogP contribution in [-0.2, 0) is 11.3 Å². The predicted octanol–water partition coefficient (Wildman–Crippen LogP) is 3.66. The fraction of sp³-hybridized carbons (Fsp3) is 0.316. The van der Waals surface area contributed by atoms with Gasteiger partial charge in [0.2, 0.25) is 6.73 Å². The second-order valence-electron chi connectivity index (χ2n) is 6.16. The number of benzene rings is 2. The molecule has 0 N–H and O–H groups in total. The maximum atomic E-state index is 12.0. The Morgan fingerprint density at radius 2 is 2.00 bits per heavy atom. The highest BCUT2D eigenvalue weighted by atomic mass is 16.5. The average molecular weight is 312 g/mol. The van der Waals surface area contributed by atoms with Gasteiger partial charge in [-0.05, 0) is 43.7 Å².